The Hall–Kier alpha value is -3.47. The van der Waals surface area contributed by atoms with E-state index in [2.05, 4.69) is 10.6 Å². The van der Waals surface area contributed by atoms with Gasteiger partial charge in [0.25, 0.3) is 5.91 Å². The van der Waals surface area contributed by atoms with E-state index in [1.54, 1.807) is 37.4 Å². The molecule has 3 rings (SSSR count). The Labute approximate surface area is 146 Å². The minimum Gasteiger partial charge on any atom is -0.495 e. The van der Waals surface area contributed by atoms with E-state index in [4.69, 9.17) is 10.5 Å². The lowest BCUT2D eigenvalue weighted by atomic mass is 10.1. The van der Waals surface area contributed by atoms with Crippen molar-refractivity contribution in [2.45, 2.75) is 0 Å². The topological polar surface area (TPSA) is 76.4 Å². The van der Waals surface area contributed by atoms with Crippen molar-refractivity contribution < 1.29 is 9.53 Å². The summed E-state index contributed by atoms with van der Waals surface area (Å²) in [6.07, 6.45) is 0. The Bertz CT molecular complexity index is 876. The van der Waals surface area contributed by atoms with Crippen LogP contribution < -0.4 is 21.1 Å². The van der Waals surface area contributed by atoms with Crippen LogP contribution in [0.25, 0.3) is 0 Å². The molecule has 3 aromatic rings. The second-order valence-corrected chi connectivity index (χ2v) is 5.45. The van der Waals surface area contributed by atoms with Crippen molar-refractivity contribution in [1.82, 2.24) is 0 Å². The maximum absolute atomic E-state index is 12.7. The molecule has 0 atom stereocenters. The summed E-state index contributed by atoms with van der Waals surface area (Å²) in [5.41, 5.74) is 9.11. The number of para-hydroxylation sites is 3. The summed E-state index contributed by atoms with van der Waals surface area (Å²) in [7, 11) is 1.57. The molecule has 5 heteroatoms. The first kappa shape index (κ1) is 16.4. The van der Waals surface area contributed by atoms with Gasteiger partial charge in [-0.3, -0.25) is 4.79 Å². The Morgan fingerprint density at radius 2 is 1.52 bits per heavy atom. The molecule has 0 fully saturated rings. The van der Waals surface area contributed by atoms with E-state index in [0.717, 1.165) is 5.69 Å². The van der Waals surface area contributed by atoms with Crippen LogP contribution in [0.5, 0.6) is 5.75 Å². The Balaban J connectivity index is 1.84. The fraction of sp³-hybridized carbons (Fsp3) is 0.0500. The lowest BCUT2D eigenvalue weighted by Gasteiger charge is -2.14. The first-order valence-electron chi connectivity index (χ1n) is 7.83. The minimum absolute atomic E-state index is 0.219. The standard InChI is InChI=1S/C20H19N3O2/c1-25-19-9-5-4-8-18(19)23-20(24)16-6-2-3-7-17(16)22-15-12-10-14(21)11-13-15/h2-13,22H,21H2,1H3,(H,23,24). The molecular weight excluding hydrogens is 314 g/mol. The van der Waals surface area contributed by atoms with E-state index >= 15 is 0 Å². The van der Waals surface area contributed by atoms with Gasteiger partial charge in [-0.15, -0.1) is 0 Å². The van der Waals surface area contributed by atoms with E-state index in [1.165, 1.54) is 0 Å². The van der Waals surface area contributed by atoms with Crippen LogP contribution in [0.15, 0.2) is 72.8 Å². The average Bonchev–Trinajstić information content (AvgIpc) is 2.64. The molecule has 0 aliphatic rings. The van der Waals surface area contributed by atoms with Gasteiger partial charge in [0.2, 0.25) is 0 Å². The molecule has 4 N–H and O–H groups in total. The summed E-state index contributed by atoms with van der Waals surface area (Å²) in [6.45, 7) is 0. The number of methoxy groups -OCH3 is 1. The van der Waals surface area contributed by atoms with Gasteiger partial charge in [0.05, 0.1) is 24.0 Å². The van der Waals surface area contributed by atoms with E-state index < -0.39 is 0 Å². The van der Waals surface area contributed by atoms with Gasteiger partial charge in [-0.2, -0.15) is 0 Å². The number of ether oxygens (including phenoxy) is 1. The highest BCUT2D eigenvalue weighted by Gasteiger charge is 2.13. The van der Waals surface area contributed by atoms with Gasteiger partial charge in [0, 0.05) is 11.4 Å². The van der Waals surface area contributed by atoms with E-state index in [9.17, 15) is 4.79 Å². The number of carbonyl (C=O) groups excluding carboxylic acids is 1. The lowest BCUT2D eigenvalue weighted by molar-refractivity contribution is 0.102. The quantitative estimate of drug-likeness (QED) is 0.609. The Morgan fingerprint density at radius 1 is 0.880 bits per heavy atom. The maximum atomic E-state index is 12.7. The number of nitrogens with one attached hydrogen (secondary N) is 2. The van der Waals surface area contributed by atoms with E-state index in [-0.39, 0.29) is 5.91 Å². The third kappa shape index (κ3) is 3.90. The van der Waals surface area contributed by atoms with Gasteiger partial charge in [-0.25, -0.2) is 0 Å². The zero-order chi connectivity index (χ0) is 17.6. The van der Waals surface area contributed by atoms with Crippen molar-refractivity contribution >= 4 is 28.7 Å². The van der Waals surface area contributed by atoms with E-state index in [0.29, 0.717) is 28.4 Å². The van der Waals surface area contributed by atoms with Crippen molar-refractivity contribution in [2.75, 3.05) is 23.5 Å². The SMILES string of the molecule is COc1ccccc1NC(=O)c1ccccc1Nc1ccc(N)cc1. The third-order valence-electron chi connectivity index (χ3n) is 3.72. The number of amides is 1. The van der Waals surface area contributed by atoms with Crippen LogP contribution in [0, 0.1) is 0 Å². The molecule has 25 heavy (non-hydrogen) atoms. The normalized spacial score (nSPS) is 10.1. The second-order valence-electron chi connectivity index (χ2n) is 5.45. The van der Waals surface area contributed by atoms with Crippen molar-refractivity contribution in [2.24, 2.45) is 0 Å². The number of benzene rings is 3. The third-order valence-corrected chi connectivity index (χ3v) is 3.72. The van der Waals surface area contributed by atoms with Crippen LogP contribution in [0.4, 0.5) is 22.7 Å². The first-order valence-corrected chi connectivity index (χ1v) is 7.83. The highest BCUT2D eigenvalue weighted by Crippen LogP contribution is 2.26. The predicted molar refractivity (Wildman–Crippen MR) is 102 cm³/mol. The number of nitrogen functional groups attached to an aromatic ring is 1. The number of hydrogen-bond acceptors (Lipinski definition) is 4. The number of carbonyl (C=O) groups is 1. The number of rotatable bonds is 5. The largest absolute Gasteiger partial charge is 0.495 e. The molecule has 0 heterocycles. The zero-order valence-corrected chi connectivity index (χ0v) is 13.8. The predicted octanol–water partition coefficient (Wildman–Crippen LogP) is 4.27. The van der Waals surface area contributed by atoms with Gasteiger partial charge >= 0.3 is 0 Å². The number of anilines is 4. The molecule has 0 unspecified atom stereocenters. The molecule has 126 valence electrons. The molecule has 0 saturated heterocycles. The number of nitrogens with two attached hydrogens (primary N) is 1. The summed E-state index contributed by atoms with van der Waals surface area (Å²) in [6, 6.07) is 22.0. The fourth-order valence-corrected chi connectivity index (χ4v) is 2.45. The van der Waals surface area contributed by atoms with Crippen LogP contribution in [-0.4, -0.2) is 13.0 Å². The van der Waals surface area contributed by atoms with Gasteiger partial charge in [-0.05, 0) is 48.5 Å². The highest BCUT2D eigenvalue weighted by atomic mass is 16.5. The summed E-state index contributed by atoms with van der Waals surface area (Å²) in [4.78, 5) is 12.7. The van der Waals surface area contributed by atoms with Crippen LogP contribution in [-0.2, 0) is 0 Å². The zero-order valence-electron chi connectivity index (χ0n) is 13.8. The molecule has 1 amide bonds. The van der Waals surface area contributed by atoms with Crippen molar-refractivity contribution in [3.63, 3.8) is 0 Å². The molecule has 0 aliphatic carbocycles. The number of hydrogen-bond donors (Lipinski definition) is 3. The lowest BCUT2D eigenvalue weighted by Crippen LogP contribution is -2.14. The Morgan fingerprint density at radius 3 is 2.24 bits per heavy atom. The fourth-order valence-electron chi connectivity index (χ4n) is 2.45. The van der Waals surface area contributed by atoms with Gasteiger partial charge in [-0.1, -0.05) is 24.3 Å². The van der Waals surface area contributed by atoms with Crippen LogP contribution in [0.2, 0.25) is 0 Å². The molecule has 0 aromatic heterocycles. The first-order chi connectivity index (χ1) is 12.2. The molecule has 3 aromatic carbocycles. The molecular formula is C20H19N3O2. The van der Waals surface area contributed by atoms with Crippen molar-refractivity contribution in [3.05, 3.63) is 78.4 Å². The summed E-state index contributed by atoms with van der Waals surface area (Å²) >= 11 is 0. The summed E-state index contributed by atoms with van der Waals surface area (Å²) in [5, 5.41) is 6.14. The minimum atomic E-state index is -0.219. The van der Waals surface area contributed by atoms with Crippen LogP contribution in [0.3, 0.4) is 0 Å². The second kappa shape index (κ2) is 7.40. The molecule has 0 bridgehead atoms. The Kier molecular flexibility index (Phi) is 4.85. The van der Waals surface area contributed by atoms with Crippen LogP contribution >= 0.6 is 0 Å². The smallest absolute Gasteiger partial charge is 0.257 e. The highest BCUT2D eigenvalue weighted by molar-refractivity contribution is 6.09. The molecule has 0 saturated carbocycles. The van der Waals surface area contributed by atoms with Gasteiger partial charge < -0.3 is 21.1 Å². The molecule has 0 aliphatic heterocycles. The molecule has 0 radical (unpaired) electrons. The summed E-state index contributed by atoms with van der Waals surface area (Å²) < 4.78 is 5.28. The van der Waals surface area contributed by atoms with Crippen LogP contribution in [0.1, 0.15) is 10.4 Å². The average molecular weight is 333 g/mol. The van der Waals surface area contributed by atoms with Crippen molar-refractivity contribution in [3.8, 4) is 5.75 Å². The summed E-state index contributed by atoms with van der Waals surface area (Å²) in [5.74, 6) is 0.392. The van der Waals surface area contributed by atoms with Crippen molar-refractivity contribution in [1.29, 1.82) is 0 Å². The maximum Gasteiger partial charge on any atom is 0.257 e. The monoisotopic (exact) mass is 333 g/mol. The van der Waals surface area contributed by atoms with Gasteiger partial charge in [0.1, 0.15) is 5.75 Å². The molecule has 5 nitrogen and oxygen atoms in total. The molecule has 0 spiro atoms. The van der Waals surface area contributed by atoms with Gasteiger partial charge in [0.15, 0.2) is 0 Å². The van der Waals surface area contributed by atoms with E-state index in [1.807, 2.05) is 42.5 Å².